The van der Waals surface area contributed by atoms with Crippen molar-refractivity contribution in [1.82, 2.24) is 5.32 Å². The number of hydrogen-bond acceptors (Lipinski definition) is 2. The van der Waals surface area contributed by atoms with E-state index < -0.39 is 0 Å². The zero-order chi connectivity index (χ0) is 11.2. The van der Waals surface area contributed by atoms with Crippen LogP contribution in [0.25, 0.3) is 0 Å². The van der Waals surface area contributed by atoms with Gasteiger partial charge in [0.1, 0.15) is 11.9 Å². The molecule has 0 saturated heterocycles. The lowest BCUT2D eigenvalue weighted by molar-refractivity contribution is 0.228. The molecular weight excluding hydrogens is 198 g/mol. The van der Waals surface area contributed by atoms with Gasteiger partial charge in [-0.25, -0.2) is 0 Å². The van der Waals surface area contributed by atoms with E-state index in [4.69, 9.17) is 4.74 Å². The second-order valence-corrected chi connectivity index (χ2v) is 4.11. The van der Waals surface area contributed by atoms with Crippen LogP contribution in [0.5, 0.6) is 5.75 Å². The SMILES string of the molecule is C/C=C/CCNCC1Cc2ccccc2O1. The molecule has 1 aliphatic heterocycles. The molecule has 2 nitrogen and oxygen atoms in total. The second-order valence-electron chi connectivity index (χ2n) is 4.11. The number of nitrogens with one attached hydrogen (secondary N) is 1. The van der Waals surface area contributed by atoms with Crippen molar-refractivity contribution in [2.45, 2.75) is 25.9 Å². The van der Waals surface area contributed by atoms with Crippen molar-refractivity contribution in [3.63, 3.8) is 0 Å². The predicted octanol–water partition coefficient (Wildman–Crippen LogP) is 2.55. The Morgan fingerprint density at radius 1 is 1.44 bits per heavy atom. The first-order valence-electron chi connectivity index (χ1n) is 5.96. The number of para-hydroxylation sites is 1. The van der Waals surface area contributed by atoms with Crippen molar-refractivity contribution < 1.29 is 4.74 Å². The van der Waals surface area contributed by atoms with Gasteiger partial charge in [-0.15, -0.1) is 0 Å². The number of fused-ring (bicyclic) bond motifs is 1. The molecule has 2 rings (SSSR count). The molecule has 1 unspecified atom stereocenters. The van der Waals surface area contributed by atoms with E-state index in [1.807, 2.05) is 6.07 Å². The number of allylic oxidation sites excluding steroid dienone is 1. The monoisotopic (exact) mass is 217 g/mol. The van der Waals surface area contributed by atoms with Gasteiger partial charge in [-0.05, 0) is 31.5 Å². The van der Waals surface area contributed by atoms with E-state index in [-0.39, 0.29) is 0 Å². The van der Waals surface area contributed by atoms with Crippen LogP contribution in [-0.4, -0.2) is 19.2 Å². The summed E-state index contributed by atoms with van der Waals surface area (Å²) in [6, 6.07) is 8.30. The highest BCUT2D eigenvalue weighted by molar-refractivity contribution is 5.37. The molecule has 0 aliphatic carbocycles. The van der Waals surface area contributed by atoms with Crippen LogP contribution >= 0.6 is 0 Å². The van der Waals surface area contributed by atoms with Crippen LogP contribution in [0.4, 0.5) is 0 Å². The highest BCUT2D eigenvalue weighted by Gasteiger charge is 2.21. The number of ether oxygens (including phenoxy) is 1. The summed E-state index contributed by atoms with van der Waals surface area (Å²) < 4.78 is 5.83. The van der Waals surface area contributed by atoms with Crippen LogP contribution in [0.15, 0.2) is 36.4 Å². The minimum Gasteiger partial charge on any atom is -0.488 e. The second kappa shape index (κ2) is 5.71. The smallest absolute Gasteiger partial charge is 0.123 e. The predicted molar refractivity (Wildman–Crippen MR) is 66.9 cm³/mol. The molecule has 0 amide bonds. The third-order valence-corrected chi connectivity index (χ3v) is 2.81. The van der Waals surface area contributed by atoms with Crippen molar-refractivity contribution in [2.75, 3.05) is 13.1 Å². The summed E-state index contributed by atoms with van der Waals surface area (Å²) >= 11 is 0. The van der Waals surface area contributed by atoms with Gasteiger partial charge in [-0.3, -0.25) is 0 Å². The third-order valence-electron chi connectivity index (χ3n) is 2.81. The molecule has 0 saturated carbocycles. The van der Waals surface area contributed by atoms with E-state index in [1.54, 1.807) is 0 Å². The van der Waals surface area contributed by atoms with Crippen LogP contribution in [0, 0.1) is 0 Å². The van der Waals surface area contributed by atoms with Gasteiger partial charge in [0.05, 0.1) is 0 Å². The molecule has 0 bridgehead atoms. The standard InChI is InChI=1S/C14H19NO/c1-2-3-6-9-15-11-13-10-12-7-4-5-8-14(12)16-13/h2-5,7-8,13,15H,6,9-11H2,1H3/b3-2+. The van der Waals surface area contributed by atoms with Gasteiger partial charge in [-0.2, -0.15) is 0 Å². The molecule has 0 radical (unpaired) electrons. The van der Waals surface area contributed by atoms with Crippen LogP contribution in [-0.2, 0) is 6.42 Å². The van der Waals surface area contributed by atoms with Gasteiger partial charge < -0.3 is 10.1 Å². The molecule has 0 fully saturated rings. The molecule has 0 aromatic heterocycles. The first-order valence-corrected chi connectivity index (χ1v) is 5.96. The van der Waals surface area contributed by atoms with E-state index in [1.165, 1.54) is 5.56 Å². The summed E-state index contributed by atoms with van der Waals surface area (Å²) in [4.78, 5) is 0. The molecule has 1 aromatic rings. The van der Waals surface area contributed by atoms with E-state index in [2.05, 4.69) is 42.6 Å². The third kappa shape index (κ3) is 2.86. The van der Waals surface area contributed by atoms with Crippen molar-refractivity contribution in [3.8, 4) is 5.75 Å². The Morgan fingerprint density at radius 2 is 2.31 bits per heavy atom. The highest BCUT2D eigenvalue weighted by Crippen LogP contribution is 2.27. The van der Waals surface area contributed by atoms with Crippen LogP contribution in [0.3, 0.4) is 0 Å². The van der Waals surface area contributed by atoms with Gasteiger partial charge >= 0.3 is 0 Å². The van der Waals surface area contributed by atoms with E-state index in [0.717, 1.165) is 31.7 Å². The number of benzene rings is 1. The quantitative estimate of drug-likeness (QED) is 0.604. The van der Waals surface area contributed by atoms with Crippen LogP contribution in [0.2, 0.25) is 0 Å². The zero-order valence-electron chi connectivity index (χ0n) is 9.78. The average Bonchev–Trinajstić information content (AvgIpc) is 2.71. The Bertz CT molecular complexity index is 335. The Kier molecular flexibility index (Phi) is 4.00. The zero-order valence-corrected chi connectivity index (χ0v) is 9.78. The van der Waals surface area contributed by atoms with Gasteiger partial charge in [0.2, 0.25) is 0 Å². The Labute approximate surface area is 97.3 Å². The lowest BCUT2D eigenvalue weighted by Gasteiger charge is -2.11. The molecule has 1 aromatic carbocycles. The van der Waals surface area contributed by atoms with Crippen molar-refractivity contribution in [3.05, 3.63) is 42.0 Å². The van der Waals surface area contributed by atoms with Gasteiger partial charge in [0.25, 0.3) is 0 Å². The summed E-state index contributed by atoms with van der Waals surface area (Å²) in [7, 11) is 0. The lowest BCUT2D eigenvalue weighted by Crippen LogP contribution is -2.30. The Balaban J connectivity index is 1.71. The first-order chi connectivity index (χ1) is 7.90. The Morgan fingerprint density at radius 3 is 3.12 bits per heavy atom. The molecule has 86 valence electrons. The highest BCUT2D eigenvalue weighted by atomic mass is 16.5. The van der Waals surface area contributed by atoms with Crippen molar-refractivity contribution >= 4 is 0 Å². The molecule has 1 N–H and O–H groups in total. The molecule has 2 heteroatoms. The molecule has 1 atom stereocenters. The lowest BCUT2D eigenvalue weighted by atomic mass is 10.1. The fraction of sp³-hybridized carbons (Fsp3) is 0.429. The molecule has 1 heterocycles. The Hall–Kier alpha value is -1.28. The molecule has 0 spiro atoms. The van der Waals surface area contributed by atoms with Crippen molar-refractivity contribution in [2.24, 2.45) is 0 Å². The van der Waals surface area contributed by atoms with Crippen LogP contribution in [0.1, 0.15) is 18.9 Å². The molecular formula is C14H19NO. The van der Waals surface area contributed by atoms with Gasteiger partial charge in [0, 0.05) is 13.0 Å². The van der Waals surface area contributed by atoms with E-state index >= 15 is 0 Å². The maximum Gasteiger partial charge on any atom is 0.123 e. The topological polar surface area (TPSA) is 21.3 Å². The molecule has 16 heavy (non-hydrogen) atoms. The van der Waals surface area contributed by atoms with E-state index in [0.29, 0.717) is 6.10 Å². The van der Waals surface area contributed by atoms with Gasteiger partial charge in [0.15, 0.2) is 0 Å². The summed E-state index contributed by atoms with van der Waals surface area (Å²) in [6.07, 6.45) is 6.70. The average molecular weight is 217 g/mol. The summed E-state index contributed by atoms with van der Waals surface area (Å²) in [6.45, 7) is 4.02. The largest absolute Gasteiger partial charge is 0.488 e. The first kappa shape index (κ1) is 11.2. The summed E-state index contributed by atoms with van der Waals surface area (Å²) in [5.41, 5.74) is 1.34. The van der Waals surface area contributed by atoms with Crippen molar-refractivity contribution in [1.29, 1.82) is 0 Å². The minimum atomic E-state index is 0.308. The molecule has 1 aliphatic rings. The summed E-state index contributed by atoms with van der Waals surface area (Å²) in [5.74, 6) is 1.06. The fourth-order valence-corrected chi connectivity index (χ4v) is 1.98. The van der Waals surface area contributed by atoms with Gasteiger partial charge in [-0.1, -0.05) is 30.4 Å². The number of hydrogen-bond donors (Lipinski definition) is 1. The minimum absolute atomic E-state index is 0.308. The number of rotatable bonds is 5. The summed E-state index contributed by atoms with van der Waals surface area (Å²) in [5, 5.41) is 3.42. The maximum absolute atomic E-state index is 5.83. The normalized spacial score (nSPS) is 18.7. The fourth-order valence-electron chi connectivity index (χ4n) is 1.98. The van der Waals surface area contributed by atoms with Crippen LogP contribution < -0.4 is 10.1 Å². The maximum atomic E-state index is 5.83. The van der Waals surface area contributed by atoms with E-state index in [9.17, 15) is 0 Å².